The maximum Gasteiger partial charge on any atom is 0.339 e. The number of pyridine rings is 1. The predicted octanol–water partition coefficient (Wildman–Crippen LogP) is 3.61. The van der Waals surface area contributed by atoms with Gasteiger partial charge in [-0.25, -0.2) is 4.79 Å². The molecule has 0 aliphatic rings. The monoisotopic (exact) mass is 276 g/mol. The van der Waals surface area contributed by atoms with Gasteiger partial charge in [0.1, 0.15) is 5.56 Å². The molecule has 98 valence electrons. The Morgan fingerprint density at radius 3 is 2.63 bits per heavy atom. The molecule has 0 saturated carbocycles. The Balaban J connectivity index is 2.29. The number of nitrogens with one attached hydrogen (secondary N) is 1. The summed E-state index contributed by atoms with van der Waals surface area (Å²) in [5, 5.41) is 12.6. The smallest absolute Gasteiger partial charge is 0.339 e. The van der Waals surface area contributed by atoms with Crippen molar-refractivity contribution in [1.82, 2.24) is 4.98 Å². The summed E-state index contributed by atoms with van der Waals surface area (Å²) in [5.74, 6) is -1.05. The number of hydrogen-bond donors (Lipinski definition) is 2. The fourth-order valence-corrected chi connectivity index (χ4v) is 2.09. The van der Waals surface area contributed by atoms with Crippen LogP contribution in [0.5, 0.6) is 0 Å². The van der Waals surface area contributed by atoms with Gasteiger partial charge in [-0.1, -0.05) is 17.7 Å². The lowest BCUT2D eigenvalue weighted by atomic mass is 10.1. The third kappa shape index (κ3) is 3.03. The topological polar surface area (TPSA) is 62.2 Å². The first kappa shape index (κ1) is 13.4. The average Bonchev–Trinajstić information content (AvgIpc) is 2.39. The highest BCUT2D eigenvalue weighted by molar-refractivity contribution is 6.34. The number of carboxylic acid groups (broad SMARTS) is 1. The molecule has 2 rings (SSSR count). The van der Waals surface area contributed by atoms with E-state index in [2.05, 4.69) is 10.3 Å². The van der Waals surface area contributed by atoms with Crippen molar-refractivity contribution in [2.75, 3.05) is 5.32 Å². The standard InChI is InChI=1S/C14H13ClN2O2/c1-9(10-5-7-16-8-6-10)17-12-4-2-3-11(15)13(12)14(18)19/h2-9,17H,1H3,(H,18,19). The van der Waals surface area contributed by atoms with E-state index in [0.717, 1.165) is 5.56 Å². The van der Waals surface area contributed by atoms with E-state index in [9.17, 15) is 9.90 Å². The Hall–Kier alpha value is -2.07. The number of aromatic carboxylic acids is 1. The van der Waals surface area contributed by atoms with E-state index in [1.54, 1.807) is 30.6 Å². The molecule has 1 atom stereocenters. The maximum atomic E-state index is 11.2. The highest BCUT2D eigenvalue weighted by atomic mass is 35.5. The largest absolute Gasteiger partial charge is 0.478 e. The SMILES string of the molecule is CC(Nc1cccc(Cl)c1C(=O)O)c1ccncc1. The zero-order valence-electron chi connectivity index (χ0n) is 10.3. The first-order valence-electron chi connectivity index (χ1n) is 5.78. The number of nitrogens with zero attached hydrogens (tertiary/aromatic N) is 1. The van der Waals surface area contributed by atoms with Crippen molar-refractivity contribution in [1.29, 1.82) is 0 Å². The second-order valence-electron chi connectivity index (χ2n) is 4.11. The predicted molar refractivity (Wildman–Crippen MR) is 74.7 cm³/mol. The van der Waals surface area contributed by atoms with Crippen LogP contribution < -0.4 is 5.32 Å². The lowest BCUT2D eigenvalue weighted by molar-refractivity contribution is 0.0698. The zero-order valence-corrected chi connectivity index (χ0v) is 11.1. The van der Waals surface area contributed by atoms with Gasteiger partial charge in [0.15, 0.2) is 0 Å². The Morgan fingerprint density at radius 1 is 1.32 bits per heavy atom. The lowest BCUT2D eigenvalue weighted by Gasteiger charge is -2.17. The lowest BCUT2D eigenvalue weighted by Crippen LogP contribution is -2.11. The number of carbonyl (C=O) groups is 1. The molecule has 0 fully saturated rings. The normalized spacial score (nSPS) is 11.9. The number of carboxylic acids is 1. The fraction of sp³-hybridized carbons (Fsp3) is 0.143. The van der Waals surface area contributed by atoms with Crippen molar-refractivity contribution in [3.63, 3.8) is 0 Å². The van der Waals surface area contributed by atoms with Crippen LogP contribution in [0.25, 0.3) is 0 Å². The zero-order chi connectivity index (χ0) is 13.8. The van der Waals surface area contributed by atoms with Crippen LogP contribution in [0, 0.1) is 0 Å². The summed E-state index contributed by atoms with van der Waals surface area (Å²) in [4.78, 5) is 15.2. The van der Waals surface area contributed by atoms with E-state index in [1.165, 1.54) is 0 Å². The third-order valence-corrected chi connectivity index (χ3v) is 3.12. The number of halogens is 1. The van der Waals surface area contributed by atoms with Crippen molar-refractivity contribution < 1.29 is 9.90 Å². The van der Waals surface area contributed by atoms with E-state index in [-0.39, 0.29) is 16.6 Å². The van der Waals surface area contributed by atoms with Gasteiger partial charge in [-0.3, -0.25) is 4.98 Å². The molecule has 4 nitrogen and oxygen atoms in total. The third-order valence-electron chi connectivity index (χ3n) is 2.81. The molecule has 19 heavy (non-hydrogen) atoms. The molecule has 1 aromatic carbocycles. The van der Waals surface area contributed by atoms with Gasteiger partial charge in [-0.15, -0.1) is 0 Å². The van der Waals surface area contributed by atoms with E-state index in [1.807, 2.05) is 19.1 Å². The Bertz CT molecular complexity index is 587. The molecule has 0 spiro atoms. The van der Waals surface area contributed by atoms with E-state index in [0.29, 0.717) is 5.69 Å². The molecule has 0 bridgehead atoms. The van der Waals surface area contributed by atoms with Gasteiger partial charge < -0.3 is 10.4 Å². The highest BCUT2D eigenvalue weighted by Gasteiger charge is 2.16. The molecular weight excluding hydrogens is 264 g/mol. The van der Waals surface area contributed by atoms with Crippen LogP contribution in [0.4, 0.5) is 5.69 Å². The fourth-order valence-electron chi connectivity index (χ4n) is 1.83. The van der Waals surface area contributed by atoms with Gasteiger partial charge in [0.2, 0.25) is 0 Å². The molecule has 2 N–H and O–H groups in total. The number of benzene rings is 1. The molecule has 0 aliphatic carbocycles. The van der Waals surface area contributed by atoms with Crippen LogP contribution in [-0.4, -0.2) is 16.1 Å². The summed E-state index contributed by atoms with van der Waals surface area (Å²) in [6.07, 6.45) is 3.40. The molecule has 0 aliphatic heterocycles. The highest BCUT2D eigenvalue weighted by Crippen LogP contribution is 2.27. The van der Waals surface area contributed by atoms with E-state index >= 15 is 0 Å². The Labute approximate surface area is 116 Å². The summed E-state index contributed by atoms with van der Waals surface area (Å²) in [5.41, 5.74) is 1.61. The number of anilines is 1. The molecule has 0 saturated heterocycles. The van der Waals surface area contributed by atoms with Gasteiger partial charge >= 0.3 is 5.97 Å². The van der Waals surface area contributed by atoms with Gasteiger partial charge in [-0.2, -0.15) is 0 Å². The minimum Gasteiger partial charge on any atom is -0.478 e. The number of hydrogen-bond acceptors (Lipinski definition) is 3. The van der Waals surface area contributed by atoms with Crippen molar-refractivity contribution in [3.05, 3.63) is 58.9 Å². The second-order valence-corrected chi connectivity index (χ2v) is 4.52. The maximum absolute atomic E-state index is 11.2. The van der Waals surface area contributed by atoms with Crippen LogP contribution in [0.2, 0.25) is 5.02 Å². The Kier molecular flexibility index (Phi) is 4.02. The number of aromatic nitrogens is 1. The average molecular weight is 277 g/mol. The second kappa shape index (κ2) is 5.71. The minimum absolute atomic E-state index is 0.0421. The van der Waals surface area contributed by atoms with Crippen LogP contribution in [0.1, 0.15) is 28.9 Å². The summed E-state index contributed by atoms with van der Waals surface area (Å²) < 4.78 is 0. The van der Waals surface area contributed by atoms with Gasteiger partial charge in [0.25, 0.3) is 0 Å². The van der Waals surface area contributed by atoms with E-state index < -0.39 is 5.97 Å². The molecule has 0 amide bonds. The summed E-state index contributed by atoms with van der Waals surface area (Å²) in [7, 11) is 0. The van der Waals surface area contributed by atoms with Crippen LogP contribution in [0.3, 0.4) is 0 Å². The summed E-state index contributed by atoms with van der Waals surface area (Å²) in [6, 6.07) is 8.70. The molecule has 1 aromatic heterocycles. The molecule has 0 radical (unpaired) electrons. The van der Waals surface area contributed by atoms with E-state index in [4.69, 9.17) is 11.6 Å². The summed E-state index contributed by atoms with van der Waals surface area (Å²) >= 11 is 5.92. The molecule has 1 unspecified atom stereocenters. The first-order valence-corrected chi connectivity index (χ1v) is 6.15. The Morgan fingerprint density at radius 2 is 2.00 bits per heavy atom. The molecule has 2 aromatic rings. The van der Waals surface area contributed by atoms with Crippen LogP contribution in [0.15, 0.2) is 42.7 Å². The quantitative estimate of drug-likeness (QED) is 0.895. The molecular formula is C14H13ClN2O2. The van der Waals surface area contributed by atoms with Crippen molar-refractivity contribution in [2.45, 2.75) is 13.0 Å². The van der Waals surface area contributed by atoms with Gasteiger partial charge in [-0.05, 0) is 36.8 Å². The molecule has 5 heteroatoms. The molecule has 1 heterocycles. The van der Waals surface area contributed by atoms with Crippen LogP contribution in [-0.2, 0) is 0 Å². The minimum atomic E-state index is -1.05. The van der Waals surface area contributed by atoms with Crippen molar-refractivity contribution in [3.8, 4) is 0 Å². The van der Waals surface area contributed by atoms with Crippen molar-refractivity contribution >= 4 is 23.3 Å². The van der Waals surface area contributed by atoms with Gasteiger partial charge in [0, 0.05) is 18.4 Å². The van der Waals surface area contributed by atoms with Gasteiger partial charge in [0.05, 0.1) is 10.7 Å². The van der Waals surface area contributed by atoms with Crippen molar-refractivity contribution in [2.24, 2.45) is 0 Å². The first-order chi connectivity index (χ1) is 9.09. The number of rotatable bonds is 4. The van der Waals surface area contributed by atoms with Crippen LogP contribution >= 0.6 is 11.6 Å². The summed E-state index contributed by atoms with van der Waals surface area (Å²) in [6.45, 7) is 1.95.